The quantitative estimate of drug-likeness (QED) is 0.411. The number of ether oxygens (including phenoxy) is 2. The minimum atomic E-state index is -0.698. The first-order valence-corrected chi connectivity index (χ1v) is 11.8. The lowest BCUT2D eigenvalue weighted by Crippen LogP contribution is -2.41. The van der Waals surface area contributed by atoms with Crippen molar-refractivity contribution < 1.29 is 19.7 Å². The molecule has 3 rings (SSSR count). The second-order valence-corrected chi connectivity index (χ2v) is 9.01. The summed E-state index contributed by atoms with van der Waals surface area (Å²) in [6.45, 7) is 9.86. The Morgan fingerprint density at radius 3 is 1.59 bits per heavy atom. The van der Waals surface area contributed by atoms with Crippen LogP contribution in [0.15, 0.2) is 66.7 Å². The minimum Gasteiger partial charge on any atom is -0.491 e. The summed E-state index contributed by atoms with van der Waals surface area (Å²) in [6.07, 6.45) is -1.40. The molecule has 0 bridgehead atoms. The minimum absolute atomic E-state index is 0.185. The van der Waals surface area contributed by atoms with Crippen molar-refractivity contribution >= 4 is 0 Å². The molecule has 0 aliphatic carbocycles. The summed E-state index contributed by atoms with van der Waals surface area (Å²) in [5.41, 5.74) is 5.59. The summed E-state index contributed by atoms with van der Waals surface area (Å²) in [6, 6.07) is 21.9. The molecule has 0 aliphatic heterocycles. The predicted octanol–water partition coefficient (Wildman–Crippen LogP) is 4.60. The maximum Gasteiger partial charge on any atom is 0.122 e. The van der Waals surface area contributed by atoms with Crippen molar-refractivity contribution in [3.63, 3.8) is 0 Å². The lowest BCUT2D eigenvalue weighted by atomic mass is 10.1. The van der Waals surface area contributed by atoms with E-state index in [2.05, 4.69) is 0 Å². The highest BCUT2D eigenvalue weighted by Crippen LogP contribution is 2.22. The van der Waals surface area contributed by atoms with Gasteiger partial charge in [0, 0.05) is 19.6 Å². The van der Waals surface area contributed by atoms with Crippen LogP contribution < -0.4 is 9.47 Å². The molecule has 0 saturated heterocycles. The van der Waals surface area contributed by atoms with E-state index < -0.39 is 12.2 Å². The summed E-state index contributed by atoms with van der Waals surface area (Å²) in [5.74, 6) is 1.58. The molecule has 2 atom stereocenters. The first-order valence-electron chi connectivity index (χ1n) is 11.8. The van der Waals surface area contributed by atoms with Crippen molar-refractivity contribution in [3.05, 3.63) is 94.5 Å². The fourth-order valence-corrected chi connectivity index (χ4v) is 3.88. The number of aryl methyl sites for hydroxylation is 2. The summed E-state index contributed by atoms with van der Waals surface area (Å²) in [4.78, 5) is 2.05. The Morgan fingerprint density at radius 2 is 1.12 bits per heavy atom. The number of rotatable bonds is 12. The Hall–Kier alpha value is -2.86. The van der Waals surface area contributed by atoms with E-state index in [1.165, 1.54) is 0 Å². The third-order valence-corrected chi connectivity index (χ3v) is 6.16. The van der Waals surface area contributed by atoms with E-state index in [1.807, 2.05) is 99.3 Å². The molecule has 5 heteroatoms. The lowest BCUT2D eigenvalue weighted by Gasteiger charge is -2.28. The number of aliphatic hydroxyl groups excluding tert-OH is 2. The van der Waals surface area contributed by atoms with Gasteiger partial charge in [-0.1, -0.05) is 54.6 Å². The van der Waals surface area contributed by atoms with E-state index in [-0.39, 0.29) is 13.2 Å². The molecule has 3 aromatic carbocycles. The smallest absolute Gasteiger partial charge is 0.122 e. The third kappa shape index (κ3) is 7.59. The van der Waals surface area contributed by atoms with Crippen LogP contribution in [0.4, 0.5) is 0 Å². The van der Waals surface area contributed by atoms with Crippen LogP contribution in [-0.2, 0) is 6.54 Å². The van der Waals surface area contributed by atoms with E-state index in [4.69, 9.17) is 9.47 Å². The molecule has 2 N–H and O–H groups in total. The van der Waals surface area contributed by atoms with Gasteiger partial charge in [0.05, 0.1) is 0 Å². The van der Waals surface area contributed by atoms with Gasteiger partial charge >= 0.3 is 0 Å². The van der Waals surface area contributed by atoms with E-state index in [0.29, 0.717) is 19.6 Å². The lowest BCUT2D eigenvalue weighted by molar-refractivity contribution is 0.0281. The van der Waals surface area contributed by atoms with Gasteiger partial charge in [-0.3, -0.25) is 4.90 Å². The van der Waals surface area contributed by atoms with Crippen LogP contribution in [0.25, 0.3) is 0 Å². The Balaban J connectivity index is 1.59. The zero-order valence-electron chi connectivity index (χ0n) is 20.7. The zero-order chi connectivity index (χ0) is 24.5. The highest BCUT2D eigenvalue weighted by atomic mass is 16.5. The topological polar surface area (TPSA) is 62.2 Å². The number of aliphatic hydroxyl groups is 2. The van der Waals surface area contributed by atoms with E-state index in [0.717, 1.165) is 39.3 Å². The predicted molar refractivity (Wildman–Crippen MR) is 137 cm³/mol. The highest BCUT2D eigenvalue weighted by Gasteiger charge is 2.18. The van der Waals surface area contributed by atoms with Gasteiger partial charge in [0.2, 0.25) is 0 Å². The van der Waals surface area contributed by atoms with Gasteiger partial charge in [-0.05, 0) is 67.6 Å². The van der Waals surface area contributed by atoms with Gasteiger partial charge in [0.15, 0.2) is 0 Å². The van der Waals surface area contributed by atoms with Crippen molar-refractivity contribution in [2.45, 2.75) is 46.4 Å². The average Bonchev–Trinajstić information content (AvgIpc) is 2.81. The van der Waals surface area contributed by atoms with Crippen LogP contribution >= 0.6 is 0 Å². The molecule has 2 unspecified atom stereocenters. The van der Waals surface area contributed by atoms with Gasteiger partial charge in [-0.25, -0.2) is 0 Å². The fourth-order valence-electron chi connectivity index (χ4n) is 3.88. The summed E-state index contributed by atoms with van der Waals surface area (Å²) in [7, 11) is 0. The first kappa shape index (κ1) is 25.8. The van der Waals surface area contributed by atoms with Crippen molar-refractivity contribution in [1.29, 1.82) is 0 Å². The van der Waals surface area contributed by atoms with Crippen LogP contribution in [-0.4, -0.2) is 53.6 Å². The number of nitrogens with zero attached hydrogens (tertiary/aromatic N) is 1. The van der Waals surface area contributed by atoms with E-state index >= 15 is 0 Å². The molecule has 182 valence electrons. The second kappa shape index (κ2) is 12.6. The maximum atomic E-state index is 10.7. The monoisotopic (exact) mass is 463 g/mol. The van der Waals surface area contributed by atoms with Crippen molar-refractivity contribution in [3.8, 4) is 11.5 Å². The molecule has 0 aliphatic rings. The first-order chi connectivity index (χ1) is 16.3. The van der Waals surface area contributed by atoms with Crippen LogP contribution in [0.1, 0.15) is 27.8 Å². The molecule has 0 aromatic heterocycles. The maximum absolute atomic E-state index is 10.7. The third-order valence-electron chi connectivity index (χ3n) is 6.16. The molecule has 0 radical (unpaired) electrons. The Morgan fingerprint density at radius 1 is 0.647 bits per heavy atom. The molecular weight excluding hydrogens is 426 g/mol. The fraction of sp³-hybridized carbons (Fsp3) is 0.379. The summed E-state index contributed by atoms with van der Waals surface area (Å²) >= 11 is 0. The van der Waals surface area contributed by atoms with Gasteiger partial charge in [0.1, 0.15) is 36.9 Å². The molecule has 0 spiro atoms. The van der Waals surface area contributed by atoms with Crippen LogP contribution in [0.2, 0.25) is 0 Å². The average molecular weight is 464 g/mol. The van der Waals surface area contributed by atoms with Gasteiger partial charge in [-0.2, -0.15) is 0 Å². The largest absolute Gasteiger partial charge is 0.491 e. The van der Waals surface area contributed by atoms with Gasteiger partial charge in [-0.15, -0.1) is 0 Å². The van der Waals surface area contributed by atoms with E-state index in [9.17, 15) is 10.2 Å². The molecule has 3 aromatic rings. The van der Waals surface area contributed by atoms with Gasteiger partial charge < -0.3 is 19.7 Å². The molecule has 0 amide bonds. The Labute approximate surface area is 203 Å². The number of hydrogen-bond acceptors (Lipinski definition) is 5. The summed E-state index contributed by atoms with van der Waals surface area (Å²) < 4.78 is 11.8. The number of benzene rings is 3. The molecule has 0 saturated carbocycles. The molecule has 0 fully saturated rings. The highest BCUT2D eigenvalue weighted by molar-refractivity contribution is 5.39. The summed E-state index contributed by atoms with van der Waals surface area (Å²) in [5, 5.41) is 21.5. The normalized spacial score (nSPS) is 13.0. The van der Waals surface area contributed by atoms with Crippen LogP contribution in [0.3, 0.4) is 0 Å². The Kier molecular flexibility index (Phi) is 9.52. The van der Waals surface area contributed by atoms with Crippen LogP contribution in [0.5, 0.6) is 11.5 Å². The van der Waals surface area contributed by atoms with Crippen LogP contribution in [0, 0.1) is 27.7 Å². The molecular formula is C29H37NO4. The van der Waals surface area contributed by atoms with Gasteiger partial charge in [0.25, 0.3) is 0 Å². The van der Waals surface area contributed by atoms with Crippen molar-refractivity contribution in [2.75, 3.05) is 26.3 Å². The SMILES string of the molecule is Cc1cccc(OCC(O)CN(Cc2ccccc2)CC(O)COc2cccc(C)c2C)c1C. The van der Waals surface area contributed by atoms with Crippen molar-refractivity contribution in [1.82, 2.24) is 4.90 Å². The van der Waals surface area contributed by atoms with Crippen molar-refractivity contribution in [2.24, 2.45) is 0 Å². The standard InChI is InChI=1S/C29H37NO4/c1-21-10-8-14-28(23(21)3)33-19-26(31)17-30(16-25-12-6-5-7-13-25)18-27(32)20-34-29-15-9-11-22(2)24(29)4/h5-15,26-27,31-32H,16-20H2,1-4H3. The second-order valence-electron chi connectivity index (χ2n) is 9.01. The number of hydrogen-bond donors (Lipinski definition) is 2. The zero-order valence-corrected chi connectivity index (χ0v) is 20.7. The van der Waals surface area contributed by atoms with E-state index in [1.54, 1.807) is 0 Å². The molecule has 0 heterocycles. The Bertz CT molecular complexity index is 974. The molecule has 34 heavy (non-hydrogen) atoms. The molecule has 5 nitrogen and oxygen atoms in total.